The van der Waals surface area contributed by atoms with Crippen LogP contribution in [0.15, 0.2) is 60.7 Å². The molecule has 0 aliphatic carbocycles. The standard InChI is InChI=1S/C27H37N3O/c1-28-16-9-10-22(19-28)20-30-17-15-25(21-30)29(2)27(31)18-26(23-11-5-3-6-12-23)24-13-7-4-8-14-24/h3-8,11-14,22,25-26H,9-10,15-21H2,1-2H3. The van der Waals surface area contributed by atoms with Gasteiger partial charge < -0.3 is 14.7 Å². The summed E-state index contributed by atoms with van der Waals surface area (Å²) in [5.41, 5.74) is 2.43. The van der Waals surface area contributed by atoms with Crippen molar-refractivity contribution in [1.29, 1.82) is 0 Å². The van der Waals surface area contributed by atoms with E-state index in [0.717, 1.165) is 25.4 Å². The summed E-state index contributed by atoms with van der Waals surface area (Å²) in [6, 6.07) is 21.2. The molecule has 0 aromatic heterocycles. The molecule has 2 saturated heterocycles. The van der Waals surface area contributed by atoms with Gasteiger partial charge in [-0.3, -0.25) is 4.79 Å². The predicted molar refractivity (Wildman–Crippen MR) is 127 cm³/mol. The van der Waals surface area contributed by atoms with Crippen molar-refractivity contribution >= 4 is 5.91 Å². The Balaban J connectivity index is 1.37. The molecule has 4 nitrogen and oxygen atoms in total. The van der Waals surface area contributed by atoms with Gasteiger partial charge >= 0.3 is 0 Å². The fourth-order valence-corrected chi connectivity index (χ4v) is 5.40. The molecule has 0 spiro atoms. The molecule has 0 radical (unpaired) electrons. The van der Waals surface area contributed by atoms with Gasteiger partial charge in [0.05, 0.1) is 0 Å². The van der Waals surface area contributed by atoms with Crippen LogP contribution in [-0.4, -0.2) is 73.5 Å². The number of hydrogen-bond acceptors (Lipinski definition) is 3. The monoisotopic (exact) mass is 419 g/mol. The maximum Gasteiger partial charge on any atom is 0.223 e. The summed E-state index contributed by atoms with van der Waals surface area (Å²) in [5.74, 6) is 1.13. The number of nitrogens with zero attached hydrogens (tertiary/aromatic N) is 3. The summed E-state index contributed by atoms with van der Waals surface area (Å²) in [4.78, 5) is 20.4. The van der Waals surface area contributed by atoms with E-state index < -0.39 is 0 Å². The Kier molecular flexibility index (Phi) is 7.41. The Morgan fingerprint density at radius 2 is 1.61 bits per heavy atom. The number of hydrogen-bond donors (Lipinski definition) is 0. The molecule has 2 atom stereocenters. The fourth-order valence-electron chi connectivity index (χ4n) is 5.40. The van der Waals surface area contributed by atoms with Gasteiger partial charge in [-0.2, -0.15) is 0 Å². The molecule has 2 fully saturated rings. The van der Waals surface area contributed by atoms with Crippen molar-refractivity contribution in [2.24, 2.45) is 5.92 Å². The van der Waals surface area contributed by atoms with Crippen LogP contribution in [0.3, 0.4) is 0 Å². The summed E-state index contributed by atoms with van der Waals surface area (Å²) in [7, 11) is 4.25. The highest BCUT2D eigenvalue weighted by molar-refractivity contribution is 5.78. The maximum absolute atomic E-state index is 13.3. The number of carbonyl (C=O) groups excluding carboxylic acids is 1. The minimum atomic E-state index is 0.104. The van der Waals surface area contributed by atoms with E-state index in [9.17, 15) is 4.79 Å². The zero-order chi connectivity index (χ0) is 21.6. The summed E-state index contributed by atoms with van der Waals surface area (Å²) < 4.78 is 0. The third-order valence-corrected chi connectivity index (χ3v) is 7.21. The van der Waals surface area contributed by atoms with Crippen molar-refractivity contribution in [2.45, 2.75) is 37.6 Å². The molecule has 0 saturated carbocycles. The van der Waals surface area contributed by atoms with Crippen LogP contribution in [0.25, 0.3) is 0 Å². The third kappa shape index (κ3) is 5.75. The predicted octanol–water partition coefficient (Wildman–Crippen LogP) is 4.08. The van der Waals surface area contributed by atoms with Gasteiger partial charge in [-0.25, -0.2) is 0 Å². The van der Waals surface area contributed by atoms with E-state index in [1.54, 1.807) is 0 Å². The highest BCUT2D eigenvalue weighted by Crippen LogP contribution is 2.29. The number of piperidine rings is 1. The van der Waals surface area contributed by atoms with E-state index in [1.165, 1.54) is 43.6 Å². The summed E-state index contributed by atoms with van der Waals surface area (Å²) in [6.45, 7) is 5.76. The van der Waals surface area contributed by atoms with E-state index >= 15 is 0 Å². The number of amides is 1. The molecular formula is C27H37N3O. The Labute approximate surface area is 187 Å². The van der Waals surface area contributed by atoms with Crippen molar-refractivity contribution in [3.05, 3.63) is 71.8 Å². The van der Waals surface area contributed by atoms with E-state index in [0.29, 0.717) is 12.5 Å². The van der Waals surface area contributed by atoms with E-state index in [1.807, 2.05) is 24.1 Å². The molecular weight excluding hydrogens is 382 g/mol. The topological polar surface area (TPSA) is 26.8 Å². The molecule has 4 rings (SSSR count). The molecule has 4 heteroatoms. The highest BCUT2D eigenvalue weighted by Gasteiger charge is 2.31. The second-order valence-corrected chi connectivity index (χ2v) is 9.56. The smallest absolute Gasteiger partial charge is 0.223 e. The molecule has 2 heterocycles. The highest BCUT2D eigenvalue weighted by atomic mass is 16.2. The minimum absolute atomic E-state index is 0.104. The van der Waals surface area contributed by atoms with Gasteiger partial charge in [0.2, 0.25) is 5.91 Å². The van der Waals surface area contributed by atoms with Crippen LogP contribution in [0, 0.1) is 5.92 Å². The molecule has 166 valence electrons. The van der Waals surface area contributed by atoms with E-state index in [-0.39, 0.29) is 11.8 Å². The number of benzene rings is 2. The van der Waals surface area contributed by atoms with E-state index in [4.69, 9.17) is 0 Å². The molecule has 0 N–H and O–H groups in total. The number of carbonyl (C=O) groups is 1. The lowest BCUT2D eigenvalue weighted by Gasteiger charge is -2.33. The molecule has 2 aliphatic rings. The van der Waals surface area contributed by atoms with Gasteiger partial charge in [0.25, 0.3) is 0 Å². The minimum Gasteiger partial charge on any atom is -0.341 e. The van der Waals surface area contributed by atoms with Gasteiger partial charge in [-0.15, -0.1) is 0 Å². The largest absolute Gasteiger partial charge is 0.341 e. The Morgan fingerprint density at radius 3 is 2.23 bits per heavy atom. The normalized spacial score (nSPS) is 22.7. The Morgan fingerprint density at radius 1 is 0.968 bits per heavy atom. The Bertz CT molecular complexity index is 785. The van der Waals surface area contributed by atoms with Crippen molar-refractivity contribution in [3.8, 4) is 0 Å². The number of rotatable bonds is 7. The molecule has 2 aromatic carbocycles. The van der Waals surface area contributed by atoms with Crippen LogP contribution < -0.4 is 0 Å². The zero-order valence-electron chi connectivity index (χ0n) is 19.1. The molecule has 31 heavy (non-hydrogen) atoms. The summed E-state index contributed by atoms with van der Waals surface area (Å²) in [6.07, 6.45) is 4.27. The van der Waals surface area contributed by atoms with Crippen LogP contribution in [0.2, 0.25) is 0 Å². The number of likely N-dealkylation sites (tertiary alicyclic amines) is 2. The maximum atomic E-state index is 13.3. The first-order valence-corrected chi connectivity index (χ1v) is 11.9. The Hall–Kier alpha value is -2.17. The van der Waals surface area contributed by atoms with Gasteiger partial charge in [-0.1, -0.05) is 60.7 Å². The lowest BCUT2D eigenvalue weighted by molar-refractivity contribution is -0.132. The fraction of sp³-hybridized carbons (Fsp3) is 0.519. The molecule has 2 aromatic rings. The van der Waals surface area contributed by atoms with Crippen molar-refractivity contribution in [3.63, 3.8) is 0 Å². The van der Waals surface area contributed by atoms with Crippen molar-refractivity contribution in [2.75, 3.05) is 46.8 Å². The van der Waals surface area contributed by atoms with Crippen LogP contribution in [0.1, 0.15) is 42.7 Å². The van der Waals surface area contributed by atoms with Crippen LogP contribution in [-0.2, 0) is 4.79 Å². The third-order valence-electron chi connectivity index (χ3n) is 7.21. The molecule has 1 amide bonds. The summed E-state index contributed by atoms with van der Waals surface area (Å²) in [5, 5.41) is 0. The first kappa shape index (κ1) is 22.0. The SMILES string of the molecule is CN1CCCC(CN2CCC(N(C)C(=O)CC(c3ccccc3)c3ccccc3)C2)C1. The van der Waals surface area contributed by atoms with Crippen LogP contribution in [0.4, 0.5) is 0 Å². The first-order valence-electron chi connectivity index (χ1n) is 11.9. The quantitative estimate of drug-likeness (QED) is 0.677. The molecule has 2 unspecified atom stereocenters. The molecule has 2 aliphatic heterocycles. The summed E-state index contributed by atoms with van der Waals surface area (Å²) >= 11 is 0. The average Bonchev–Trinajstić information content (AvgIpc) is 3.26. The average molecular weight is 420 g/mol. The lowest BCUT2D eigenvalue weighted by atomic mass is 9.88. The zero-order valence-corrected chi connectivity index (χ0v) is 19.1. The van der Waals surface area contributed by atoms with Gasteiger partial charge in [0, 0.05) is 51.6 Å². The van der Waals surface area contributed by atoms with Crippen molar-refractivity contribution < 1.29 is 4.79 Å². The van der Waals surface area contributed by atoms with Gasteiger partial charge in [-0.05, 0) is 49.9 Å². The lowest BCUT2D eigenvalue weighted by Crippen LogP contribution is -2.42. The second-order valence-electron chi connectivity index (χ2n) is 9.56. The molecule has 0 bridgehead atoms. The first-order chi connectivity index (χ1) is 15.1. The number of likely N-dealkylation sites (N-methyl/N-ethyl adjacent to an activating group) is 1. The van der Waals surface area contributed by atoms with Crippen LogP contribution >= 0.6 is 0 Å². The second kappa shape index (κ2) is 10.4. The van der Waals surface area contributed by atoms with Gasteiger partial charge in [0.15, 0.2) is 0 Å². The van der Waals surface area contributed by atoms with Crippen molar-refractivity contribution in [1.82, 2.24) is 14.7 Å². The van der Waals surface area contributed by atoms with Crippen LogP contribution in [0.5, 0.6) is 0 Å². The van der Waals surface area contributed by atoms with E-state index in [2.05, 4.69) is 65.4 Å². The van der Waals surface area contributed by atoms with Gasteiger partial charge in [0.1, 0.15) is 0 Å².